The minimum Gasteiger partial charge on any atom is -0.390 e. The van der Waals surface area contributed by atoms with Crippen molar-refractivity contribution in [3.05, 3.63) is 0 Å². The molecule has 2 bridgehead atoms. The topological polar surface area (TPSA) is 151 Å². The molecule has 0 radical (unpaired) electrons. The van der Waals surface area contributed by atoms with Crippen molar-refractivity contribution < 1.29 is 24.2 Å². The van der Waals surface area contributed by atoms with Gasteiger partial charge in [-0.25, -0.2) is 0 Å². The van der Waals surface area contributed by atoms with Crippen LogP contribution >= 0.6 is 0 Å². The van der Waals surface area contributed by atoms with Crippen LogP contribution in [0.3, 0.4) is 0 Å². The van der Waals surface area contributed by atoms with E-state index in [1.807, 2.05) is 4.90 Å². The molecule has 45 heavy (non-hydrogen) atoms. The van der Waals surface area contributed by atoms with Crippen molar-refractivity contribution in [3.8, 4) is 0 Å². The monoisotopic (exact) mass is 632 g/mol. The SMILES string of the molecule is CC(=O)N1CC(NC2CC(C(=O)NC[C@@H](O)[C@@H]3CC4CCC(OCC5OCNC5C)CC4CN3)NC(N3CC4CC(C4)C3)N2)C1. The zero-order chi connectivity index (χ0) is 31.1. The molecule has 10 atom stereocenters. The summed E-state index contributed by atoms with van der Waals surface area (Å²) in [5, 5.41) is 32.1. The number of likely N-dealkylation sites (tertiary alicyclic amines) is 1. The maximum atomic E-state index is 13.5. The first-order valence-corrected chi connectivity index (χ1v) is 17.7. The van der Waals surface area contributed by atoms with Gasteiger partial charge in [0.2, 0.25) is 11.8 Å². The lowest BCUT2D eigenvalue weighted by molar-refractivity contribution is -0.134. The number of fused-ring (bicyclic) bond motifs is 3. The van der Waals surface area contributed by atoms with Crippen molar-refractivity contribution in [3.63, 3.8) is 0 Å². The lowest BCUT2D eigenvalue weighted by Gasteiger charge is -2.53. The van der Waals surface area contributed by atoms with E-state index in [2.05, 4.69) is 43.7 Å². The van der Waals surface area contributed by atoms with Crippen molar-refractivity contribution in [1.29, 1.82) is 0 Å². The number of rotatable bonds is 10. The van der Waals surface area contributed by atoms with E-state index >= 15 is 0 Å². The van der Waals surface area contributed by atoms with Gasteiger partial charge in [-0.15, -0.1) is 0 Å². The number of nitrogens with one attached hydrogen (secondary N) is 6. The first-order valence-electron chi connectivity index (χ1n) is 17.7. The fourth-order valence-corrected chi connectivity index (χ4v) is 9.01. The first kappa shape index (κ1) is 32.1. The van der Waals surface area contributed by atoms with Gasteiger partial charge >= 0.3 is 0 Å². The number of hydrogen-bond donors (Lipinski definition) is 7. The largest absolute Gasteiger partial charge is 0.390 e. The zero-order valence-electron chi connectivity index (χ0n) is 27.1. The van der Waals surface area contributed by atoms with Crippen LogP contribution < -0.4 is 31.9 Å². The Labute approximate surface area is 267 Å². The number of piperidine rings is 3. The number of carbonyl (C=O) groups is 2. The molecule has 254 valence electrons. The van der Waals surface area contributed by atoms with E-state index in [1.165, 1.54) is 12.8 Å². The highest BCUT2D eigenvalue weighted by Gasteiger charge is 2.44. The number of aliphatic hydroxyl groups excluding tert-OH is 1. The highest BCUT2D eigenvalue weighted by molar-refractivity contribution is 5.82. The third-order valence-corrected chi connectivity index (χ3v) is 12.0. The molecule has 8 aliphatic rings. The summed E-state index contributed by atoms with van der Waals surface area (Å²) in [5.74, 6) is 2.70. The number of amides is 2. The van der Waals surface area contributed by atoms with Gasteiger partial charge in [-0.05, 0) is 75.7 Å². The molecule has 13 nitrogen and oxygen atoms in total. The minimum atomic E-state index is -0.634. The van der Waals surface area contributed by atoms with Gasteiger partial charge < -0.3 is 30.1 Å². The van der Waals surface area contributed by atoms with E-state index in [9.17, 15) is 14.7 Å². The van der Waals surface area contributed by atoms with Gasteiger partial charge in [0.1, 0.15) is 6.29 Å². The predicted octanol–water partition coefficient (Wildman–Crippen LogP) is -1.32. The Hall–Kier alpha value is -1.42. The first-order chi connectivity index (χ1) is 21.8. The molecule has 7 N–H and O–H groups in total. The van der Waals surface area contributed by atoms with Crippen LogP contribution in [-0.2, 0) is 19.1 Å². The maximum Gasteiger partial charge on any atom is 0.237 e. The summed E-state index contributed by atoms with van der Waals surface area (Å²) in [7, 11) is 0. The van der Waals surface area contributed by atoms with Crippen molar-refractivity contribution in [2.45, 2.75) is 114 Å². The van der Waals surface area contributed by atoms with Crippen molar-refractivity contribution >= 4 is 11.8 Å². The molecule has 13 heteroatoms. The van der Waals surface area contributed by atoms with E-state index in [0.29, 0.717) is 50.7 Å². The molecule has 8 rings (SSSR count). The maximum absolute atomic E-state index is 13.5. The van der Waals surface area contributed by atoms with Gasteiger partial charge in [-0.2, -0.15) is 0 Å². The van der Waals surface area contributed by atoms with Crippen LogP contribution in [0.1, 0.15) is 58.8 Å². The number of ether oxygens (including phenoxy) is 2. The molecule has 2 amide bonds. The van der Waals surface area contributed by atoms with Crippen molar-refractivity contribution in [1.82, 2.24) is 41.7 Å². The summed E-state index contributed by atoms with van der Waals surface area (Å²) in [6.07, 6.45) is 7.07. The number of aliphatic hydroxyl groups is 1. The minimum absolute atomic E-state index is 0.0195. The van der Waals surface area contributed by atoms with E-state index in [0.717, 1.165) is 57.2 Å². The lowest BCUT2D eigenvalue weighted by atomic mass is 9.71. The Morgan fingerprint density at radius 1 is 1.00 bits per heavy atom. The molecule has 2 saturated carbocycles. The Bertz CT molecular complexity index is 1030. The third-order valence-electron chi connectivity index (χ3n) is 12.0. The second kappa shape index (κ2) is 14.0. The molecular formula is C32H56N8O5. The summed E-state index contributed by atoms with van der Waals surface area (Å²) in [6.45, 7) is 9.64. The Kier molecular flexibility index (Phi) is 9.98. The highest BCUT2D eigenvalue weighted by Crippen LogP contribution is 2.40. The lowest BCUT2D eigenvalue weighted by Crippen LogP contribution is -2.74. The van der Waals surface area contributed by atoms with E-state index in [4.69, 9.17) is 9.47 Å². The number of nitrogens with zero attached hydrogens (tertiary/aromatic N) is 2. The zero-order valence-corrected chi connectivity index (χ0v) is 27.1. The Balaban J connectivity index is 0.869. The smallest absolute Gasteiger partial charge is 0.237 e. The highest BCUT2D eigenvalue weighted by atomic mass is 16.5. The summed E-state index contributed by atoms with van der Waals surface area (Å²) in [6, 6.07) is 0.179. The molecule has 0 spiro atoms. The Morgan fingerprint density at radius 2 is 1.80 bits per heavy atom. The van der Waals surface area contributed by atoms with E-state index in [-0.39, 0.29) is 61.1 Å². The van der Waals surface area contributed by atoms with Gasteiger partial charge in [0, 0.05) is 64.2 Å². The summed E-state index contributed by atoms with van der Waals surface area (Å²) >= 11 is 0. The summed E-state index contributed by atoms with van der Waals surface area (Å²) in [5.41, 5.74) is 0. The normalized spacial score (nSPS) is 42.7. The van der Waals surface area contributed by atoms with Crippen LogP contribution in [-0.4, -0.2) is 134 Å². The molecule has 0 aromatic heterocycles. The fourth-order valence-electron chi connectivity index (χ4n) is 9.01. The van der Waals surface area contributed by atoms with E-state index in [1.54, 1.807) is 6.92 Å². The van der Waals surface area contributed by atoms with Crippen molar-refractivity contribution in [2.75, 3.05) is 52.6 Å². The third kappa shape index (κ3) is 7.52. The summed E-state index contributed by atoms with van der Waals surface area (Å²) < 4.78 is 12.0. The molecule has 0 aromatic carbocycles. The van der Waals surface area contributed by atoms with Crippen LogP contribution in [0.5, 0.6) is 0 Å². The molecule has 0 aromatic rings. The molecule has 8 unspecified atom stereocenters. The van der Waals surface area contributed by atoms with Crippen LogP contribution in [0.25, 0.3) is 0 Å². The fraction of sp³-hybridized carbons (Fsp3) is 0.938. The number of hydrogen-bond acceptors (Lipinski definition) is 11. The van der Waals surface area contributed by atoms with Gasteiger partial charge in [0.15, 0.2) is 0 Å². The van der Waals surface area contributed by atoms with Gasteiger partial charge in [-0.3, -0.25) is 35.8 Å². The second-order valence-electron chi connectivity index (χ2n) is 15.2. The molecule has 6 aliphatic heterocycles. The second-order valence-corrected chi connectivity index (χ2v) is 15.2. The van der Waals surface area contributed by atoms with E-state index < -0.39 is 6.10 Å². The molecular weight excluding hydrogens is 576 g/mol. The molecule has 2 aliphatic carbocycles. The van der Waals surface area contributed by atoms with Gasteiger partial charge in [0.05, 0.1) is 43.9 Å². The van der Waals surface area contributed by atoms with Crippen molar-refractivity contribution in [2.24, 2.45) is 23.7 Å². The quantitative estimate of drug-likeness (QED) is 0.154. The summed E-state index contributed by atoms with van der Waals surface area (Å²) in [4.78, 5) is 29.5. The average Bonchev–Trinajstić information content (AvgIpc) is 3.43. The molecule has 6 saturated heterocycles. The predicted molar refractivity (Wildman–Crippen MR) is 168 cm³/mol. The average molecular weight is 633 g/mol. The van der Waals surface area contributed by atoms with Crippen LogP contribution in [0, 0.1) is 23.7 Å². The van der Waals surface area contributed by atoms with Crippen LogP contribution in [0.2, 0.25) is 0 Å². The molecule has 6 heterocycles. The van der Waals surface area contributed by atoms with Gasteiger partial charge in [0.25, 0.3) is 0 Å². The van der Waals surface area contributed by atoms with Gasteiger partial charge in [-0.1, -0.05) is 0 Å². The number of carbonyl (C=O) groups excluding carboxylic acids is 2. The standard InChI is InChI=1S/C32H56N8O5/c1-18-29(45-17-35-18)16-44-25-4-3-22-8-26(33-10-23(22)7-25)28(42)11-34-31(43)27-9-30(36-24-14-39(15-24)19(2)41)38-32(37-27)40-12-20-5-21(6-20)13-40/h18,20-30,32-33,35-38,42H,3-17H2,1-2H3,(H,34,43)/t18?,20?,21?,22?,23?,25?,26-,27?,28+,29?,30?,32?/m0/s1. The van der Waals surface area contributed by atoms with Crippen LogP contribution in [0.4, 0.5) is 0 Å². The molecule has 8 fully saturated rings. The van der Waals surface area contributed by atoms with Crippen LogP contribution in [0.15, 0.2) is 0 Å². The Morgan fingerprint density at radius 3 is 2.53 bits per heavy atom.